The van der Waals surface area contributed by atoms with E-state index in [4.69, 9.17) is 0 Å². The summed E-state index contributed by atoms with van der Waals surface area (Å²) in [5, 5.41) is 9.20. The van der Waals surface area contributed by atoms with Gasteiger partial charge < -0.3 is 5.11 Å². The highest BCUT2D eigenvalue weighted by Crippen LogP contribution is 2.19. The van der Waals surface area contributed by atoms with Crippen molar-refractivity contribution >= 4 is 5.97 Å². The Kier molecular flexibility index (Phi) is 4.42. The molecule has 0 aliphatic rings. The first-order valence-corrected chi connectivity index (χ1v) is 6.37. The van der Waals surface area contributed by atoms with Gasteiger partial charge >= 0.3 is 5.97 Å². The monoisotopic (exact) mass is 271 g/mol. The van der Waals surface area contributed by atoms with Gasteiger partial charge in [-0.1, -0.05) is 18.2 Å². The van der Waals surface area contributed by atoms with E-state index in [1.807, 2.05) is 32.2 Å². The van der Waals surface area contributed by atoms with E-state index < -0.39 is 5.97 Å². The molecule has 1 aromatic heterocycles. The summed E-state index contributed by atoms with van der Waals surface area (Å²) >= 11 is 0. The van der Waals surface area contributed by atoms with Crippen molar-refractivity contribution in [3.63, 3.8) is 0 Å². The Hall–Kier alpha value is -2.27. The molecule has 0 saturated carbocycles. The summed E-state index contributed by atoms with van der Waals surface area (Å²) in [5.41, 5.74) is 2.05. The number of hydrogen-bond acceptors (Lipinski definition) is 4. The van der Waals surface area contributed by atoms with Gasteiger partial charge in [0, 0.05) is 18.8 Å². The van der Waals surface area contributed by atoms with Crippen molar-refractivity contribution in [2.45, 2.75) is 19.5 Å². The molecular weight excluding hydrogens is 254 g/mol. The molecule has 1 atom stereocenters. The number of benzene rings is 1. The summed E-state index contributed by atoms with van der Waals surface area (Å²) in [6.45, 7) is 2.58. The molecule has 0 spiro atoms. The van der Waals surface area contributed by atoms with Gasteiger partial charge in [-0.15, -0.1) is 0 Å². The molecule has 0 radical (unpaired) electrons. The molecule has 20 heavy (non-hydrogen) atoms. The molecule has 5 nitrogen and oxygen atoms in total. The quantitative estimate of drug-likeness (QED) is 0.904. The molecule has 0 aliphatic heterocycles. The zero-order valence-corrected chi connectivity index (χ0v) is 11.5. The summed E-state index contributed by atoms with van der Waals surface area (Å²) in [6.07, 6.45) is 3.22. The maximum absolute atomic E-state index is 11.2. The van der Waals surface area contributed by atoms with Crippen molar-refractivity contribution in [3.8, 4) is 0 Å². The topological polar surface area (TPSA) is 66.3 Å². The van der Waals surface area contributed by atoms with Crippen LogP contribution in [-0.2, 0) is 6.54 Å². The number of nitrogens with zero attached hydrogens (tertiary/aromatic N) is 3. The second-order valence-electron chi connectivity index (χ2n) is 4.69. The zero-order valence-electron chi connectivity index (χ0n) is 11.5. The van der Waals surface area contributed by atoms with E-state index in [1.165, 1.54) is 6.33 Å². The van der Waals surface area contributed by atoms with Crippen LogP contribution in [0.2, 0.25) is 0 Å². The van der Waals surface area contributed by atoms with Gasteiger partial charge in [-0.05, 0) is 31.7 Å². The average Bonchev–Trinajstić information content (AvgIpc) is 2.47. The minimum atomic E-state index is -0.899. The molecule has 0 saturated heterocycles. The average molecular weight is 271 g/mol. The first kappa shape index (κ1) is 14.1. The second-order valence-corrected chi connectivity index (χ2v) is 4.69. The van der Waals surface area contributed by atoms with Crippen molar-refractivity contribution in [1.82, 2.24) is 14.9 Å². The van der Waals surface area contributed by atoms with Gasteiger partial charge in [0.1, 0.15) is 6.33 Å². The van der Waals surface area contributed by atoms with E-state index in [2.05, 4.69) is 14.9 Å². The molecule has 104 valence electrons. The first-order valence-electron chi connectivity index (χ1n) is 6.37. The van der Waals surface area contributed by atoms with Gasteiger partial charge in [0.15, 0.2) is 0 Å². The highest BCUT2D eigenvalue weighted by Gasteiger charge is 2.16. The van der Waals surface area contributed by atoms with Gasteiger partial charge in [0.2, 0.25) is 0 Å². The van der Waals surface area contributed by atoms with E-state index in [0.29, 0.717) is 12.1 Å². The summed E-state index contributed by atoms with van der Waals surface area (Å²) < 4.78 is 0. The summed E-state index contributed by atoms with van der Waals surface area (Å²) in [4.78, 5) is 21.4. The maximum atomic E-state index is 11.2. The van der Waals surface area contributed by atoms with Crippen LogP contribution in [0.1, 0.15) is 34.6 Å². The molecule has 1 aromatic carbocycles. The van der Waals surface area contributed by atoms with Crippen LogP contribution >= 0.6 is 0 Å². The lowest BCUT2D eigenvalue weighted by atomic mass is 10.1. The highest BCUT2D eigenvalue weighted by molar-refractivity contribution is 5.89. The van der Waals surface area contributed by atoms with E-state index >= 15 is 0 Å². The first-order chi connectivity index (χ1) is 9.59. The zero-order chi connectivity index (χ0) is 14.5. The van der Waals surface area contributed by atoms with Crippen LogP contribution in [0.3, 0.4) is 0 Å². The normalized spacial score (nSPS) is 12.3. The van der Waals surface area contributed by atoms with E-state index in [1.54, 1.807) is 18.3 Å². The molecule has 5 heteroatoms. The van der Waals surface area contributed by atoms with Crippen LogP contribution in [0.25, 0.3) is 0 Å². The standard InChI is InChI=1S/C15H17N3O2/c1-11(14-7-8-16-10-17-14)18(2)9-12-5-3-4-6-13(12)15(19)20/h3-8,10-11H,9H2,1-2H3,(H,19,20)/t11-/m0/s1. The highest BCUT2D eigenvalue weighted by atomic mass is 16.4. The molecule has 0 bridgehead atoms. The Morgan fingerprint density at radius 2 is 2.10 bits per heavy atom. The smallest absolute Gasteiger partial charge is 0.336 e. The van der Waals surface area contributed by atoms with Gasteiger partial charge in [0.05, 0.1) is 11.3 Å². The fraction of sp³-hybridized carbons (Fsp3) is 0.267. The minimum Gasteiger partial charge on any atom is -0.478 e. The number of carboxylic acid groups (broad SMARTS) is 1. The summed E-state index contributed by atoms with van der Waals surface area (Å²) in [7, 11) is 1.95. The van der Waals surface area contributed by atoms with Crippen LogP contribution in [-0.4, -0.2) is 33.0 Å². The van der Waals surface area contributed by atoms with Crippen LogP contribution in [0, 0.1) is 0 Å². The minimum absolute atomic E-state index is 0.0832. The van der Waals surface area contributed by atoms with Crippen LogP contribution in [0.15, 0.2) is 42.9 Å². The lowest BCUT2D eigenvalue weighted by Crippen LogP contribution is -2.23. The molecule has 0 unspecified atom stereocenters. The number of hydrogen-bond donors (Lipinski definition) is 1. The van der Waals surface area contributed by atoms with E-state index in [0.717, 1.165) is 11.3 Å². The predicted octanol–water partition coefficient (Wildman–Crippen LogP) is 2.37. The number of aromatic carboxylic acids is 1. The Morgan fingerprint density at radius 3 is 2.75 bits per heavy atom. The molecular formula is C15H17N3O2. The SMILES string of the molecule is C[C@@H](c1ccncn1)N(C)Cc1ccccc1C(=O)O. The van der Waals surface area contributed by atoms with Gasteiger partial charge in [-0.3, -0.25) is 4.90 Å². The fourth-order valence-electron chi connectivity index (χ4n) is 2.05. The molecule has 1 N–H and O–H groups in total. The fourth-order valence-corrected chi connectivity index (χ4v) is 2.05. The van der Waals surface area contributed by atoms with Crippen molar-refractivity contribution in [3.05, 3.63) is 59.7 Å². The molecule has 1 heterocycles. The number of aromatic nitrogens is 2. The summed E-state index contributed by atoms with van der Waals surface area (Å²) in [5.74, 6) is -0.899. The van der Waals surface area contributed by atoms with E-state index in [-0.39, 0.29) is 6.04 Å². The maximum Gasteiger partial charge on any atom is 0.336 e. The van der Waals surface area contributed by atoms with Crippen LogP contribution < -0.4 is 0 Å². The molecule has 0 fully saturated rings. The molecule has 2 rings (SSSR count). The predicted molar refractivity (Wildman–Crippen MR) is 75.3 cm³/mol. The van der Waals surface area contributed by atoms with Gasteiger partial charge in [-0.2, -0.15) is 0 Å². The Bertz CT molecular complexity index is 587. The Balaban J connectivity index is 2.16. The lowest BCUT2D eigenvalue weighted by molar-refractivity contribution is 0.0694. The second kappa shape index (κ2) is 6.25. The van der Waals surface area contributed by atoms with Gasteiger partial charge in [-0.25, -0.2) is 14.8 Å². The lowest BCUT2D eigenvalue weighted by Gasteiger charge is -2.24. The third-order valence-electron chi connectivity index (χ3n) is 3.36. The van der Waals surface area contributed by atoms with E-state index in [9.17, 15) is 9.90 Å². The molecule has 0 aliphatic carbocycles. The Labute approximate surface area is 117 Å². The van der Waals surface area contributed by atoms with Crippen molar-refractivity contribution in [1.29, 1.82) is 0 Å². The van der Waals surface area contributed by atoms with Crippen molar-refractivity contribution < 1.29 is 9.90 Å². The Morgan fingerprint density at radius 1 is 1.35 bits per heavy atom. The third kappa shape index (κ3) is 3.19. The molecule has 2 aromatic rings. The van der Waals surface area contributed by atoms with Crippen molar-refractivity contribution in [2.24, 2.45) is 0 Å². The van der Waals surface area contributed by atoms with Crippen LogP contribution in [0.4, 0.5) is 0 Å². The summed E-state index contributed by atoms with van der Waals surface area (Å²) in [6, 6.07) is 9.00. The number of rotatable bonds is 5. The van der Waals surface area contributed by atoms with Crippen LogP contribution in [0.5, 0.6) is 0 Å². The number of carbonyl (C=O) groups is 1. The van der Waals surface area contributed by atoms with Gasteiger partial charge in [0.25, 0.3) is 0 Å². The third-order valence-corrected chi connectivity index (χ3v) is 3.36. The molecule has 0 amide bonds. The van der Waals surface area contributed by atoms with Crippen molar-refractivity contribution in [2.75, 3.05) is 7.05 Å². The number of carboxylic acids is 1. The largest absolute Gasteiger partial charge is 0.478 e.